The molecule has 6 nitrogen and oxygen atoms in total. The van der Waals surface area contributed by atoms with Gasteiger partial charge in [-0.15, -0.1) is 0 Å². The Balaban J connectivity index is 2.29. The molecule has 2 aromatic rings. The molecule has 1 N–H and O–H groups in total. The monoisotopic (exact) mass is 346 g/mol. The Morgan fingerprint density at radius 2 is 2.05 bits per heavy atom. The first kappa shape index (κ1) is 15.7. The summed E-state index contributed by atoms with van der Waals surface area (Å²) < 4.78 is 22.9. The number of nitro groups is 1. The van der Waals surface area contributed by atoms with Crippen LogP contribution in [0.25, 0.3) is 0 Å². The molecule has 0 bridgehead atoms. The van der Waals surface area contributed by atoms with Crippen molar-refractivity contribution in [1.82, 2.24) is 0 Å². The van der Waals surface area contributed by atoms with Crippen LogP contribution in [-0.4, -0.2) is 19.6 Å². The smallest absolute Gasteiger partial charge is 0.304 e. The van der Waals surface area contributed by atoms with Gasteiger partial charge >= 0.3 is 5.69 Å². The van der Waals surface area contributed by atoms with E-state index in [1.54, 1.807) is 24.3 Å². The first-order valence-electron chi connectivity index (χ1n) is 5.74. The summed E-state index contributed by atoms with van der Waals surface area (Å²) in [4.78, 5) is 10.4. The van der Waals surface area contributed by atoms with Gasteiger partial charge in [-0.25, -0.2) is 8.42 Å². The predicted molar refractivity (Wildman–Crippen MR) is 82.9 cm³/mol. The maximum absolute atomic E-state index is 11.5. The second kappa shape index (κ2) is 6.00. The second-order valence-electron chi connectivity index (χ2n) is 4.25. The van der Waals surface area contributed by atoms with Gasteiger partial charge in [0, 0.05) is 23.9 Å². The summed E-state index contributed by atoms with van der Waals surface area (Å²) in [6.45, 7) is 0.268. The van der Waals surface area contributed by atoms with E-state index in [4.69, 9.17) is 11.6 Å². The lowest BCUT2D eigenvalue weighted by atomic mass is 10.2. The molecule has 0 unspecified atom stereocenters. The molecule has 0 amide bonds. The first-order valence-corrected chi connectivity index (χ1v) is 8.83. The summed E-state index contributed by atoms with van der Waals surface area (Å²) in [7, 11) is -3.48. The van der Waals surface area contributed by atoms with Crippen LogP contribution in [0.3, 0.4) is 0 Å². The summed E-state index contributed by atoms with van der Waals surface area (Å²) in [5.74, 6) is 0. The van der Waals surface area contributed by atoms with Gasteiger partial charge in [0.15, 0.2) is 14.8 Å². The van der Waals surface area contributed by atoms with Gasteiger partial charge in [-0.2, -0.15) is 0 Å². The molecule has 0 radical (unpaired) electrons. The van der Waals surface area contributed by atoms with E-state index in [1.807, 2.05) is 0 Å². The summed E-state index contributed by atoms with van der Waals surface area (Å²) in [6, 6.07) is 8.14. The van der Waals surface area contributed by atoms with Crippen LogP contribution >= 0.6 is 22.9 Å². The highest BCUT2D eigenvalue weighted by atomic mass is 35.5. The minimum absolute atomic E-state index is 0.0455. The van der Waals surface area contributed by atoms with Crippen LogP contribution in [0.4, 0.5) is 10.7 Å². The van der Waals surface area contributed by atoms with E-state index < -0.39 is 14.8 Å². The standard InChI is InChI=1S/C12H11ClN2O4S2/c1-21(18,19)11-6-10(15(16)17)12(20-11)14-7-8-4-2-3-5-9(8)13/h2-6,14H,7H2,1H3. The largest absolute Gasteiger partial charge is 0.367 e. The third kappa shape index (κ3) is 3.72. The highest BCUT2D eigenvalue weighted by Gasteiger charge is 2.23. The lowest BCUT2D eigenvalue weighted by Crippen LogP contribution is -2.00. The van der Waals surface area contributed by atoms with Crippen LogP contribution in [0, 0.1) is 10.1 Å². The number of rotatable bonds is 5. The van der Waals surface area contributed by atoms with Crippen molar-refractivity contribution in [3.8, 4) is 0 Å². The number of nitrogens with zero attached hydrogens (tertiary/aromatic N) is 1. The average molecular weight is 347 g/mol. The first-order chi connectivity index (χ1) is 9.79. The van der Waals surface area contributed by atoms with E-state index in [9.17, 15) is 18.5 Å². The number of sulfone groups is 1. The fourth-order valence-corrected chi connectivity index (χ4v) is 3.76. The minimum Gasteiger partial charge on any atom is -0.367 e. The fourth-order valence-electron chi connectivity index (χ4n) is 1.62. The van der Waals surface area contributed by atoms with Gasteiger partial charge in [0.2, 0.25) is 0 Å². The van der Waals surface area contributed by atoms with Gasteiger partial charge in [0.1, 0.15) is 4.21 Å². The second-order valence-corrected chi connectivity index (χ2v) is 7.96. The molecule has 0 fully saturated rings. The van der Waals surface area contributed by atoms with Crippen LogP contribution in [0.5, 0.6) is 0 Å². The van der Waals surface area contributed by atoms with Crippen molar-refractivity contribution in [2.45, 2.75) is 10.8 Å². The zero-order valence-corrected chi connectivity index (χ0v) is 13.3. The van der Waals surface area contributed by atoms with E-state index >= 15 is 0 Å². The topological polar surface area (TPSA) is 89.3 Å². The van der Waals surface area contributed by atoms with Crippen LogP contribution in [0.15, 0.2) is 34.5 Å². The number of thiophene rings is 1. The lowest BCUT2D eigenvalue weighted by Gasteiger charge is -2.05. The van der Waals surface area contributed by atoms with E-state index in [0.717, 1.165) is 29.2 Å². The molecule has 1 aromatic heterocycles. The van der Waals surface area contributed by atoms with Crippen LogP contribution < -0.4 is 5.32 Å². The van der Waals surface area contributed by atoms with Crippen LogP contribution in [0.1, 0.15) is 5.56 Å². The highest BCUT2D eigenvalue weighted by Crippen LogP contribution is 2.37. The predicted octanol–water partition coefficient (Wildman–Crippen LogP) is 3.33. The molecule has 0 aliphatic rings. The van der Waals surface area contributed by atoms with Crippen molar-refractivity contribution >= 4 is 43.5 Å². The molecule has 0 atom stereocenters. The van der Waals surface area contributed by atoms with E-state index in [1.165, 1.54) is 0 Å². The summed E-state index contributed by atoms with van der Waals surface area (Å²) in [5.41, 5.74) is 0.509. The van der Waals surface area contributed by atoms with Crippen molar-refractivity contribution in [1.29, 1.82) is 0 Å². The molecule has 1 aromatic carbocycles. The number of hydrogen-bond acceptors (Lipinski definition) is 6. The molecule has 1 heterocycles. The number of nitrogens with one attached hydrogen (secondary N) is 1. The molecule has 0 spiro atoms. The molecule has 9 heteroatoms. The molecule has 0 saturated heterocycles. The quantitative estimate of drug-likeness (QED) is 0.662. The summed E-state index contributed by atoms with van der Waals surface area (Å²) >= 11 is 6.84. The van der Waals surface area contributed by atoms with E-state index in [2.05, 4.69) is 5.32 Å². The number of benzene rings is 1. The van der Waals surface area contributed by atoms with E-state index in [0.29, 0.717) is 5.02 Å². The average Bonchev–Trinajstić information content (AvgIpc) is 2.82. The Bertz CT molecular complexity index is 786. The molecular weight excluding hydrogens is 336 g/mol. The van der Waals surface area contributed by atoms with Crippen molar-refractivity contribution in [2.24, 2.45) is 0 Å². The molecule has 0 saturated carbocycles. The van der Waals surface area contributed by atoms with E-state index in [-0.39, 0.29) is 21.4 Å². The van der Waals surface area contributed by atoms with Gasteiger partial charge in [0.25, 0.3) is 0 Å². The zero-order chi connectivity index (χ0) is 15.6. The molecule has 2 rings (SSSR count). The Morgan fingerprint density at radius 3 is 2.62 bits per heavy atom. The Hall–Kier alpha value is -1.64. The maximum Gasteiger partial charge on any atom is 0.304 e. The number of hydrogen-bond donors (Lipinski definition) is 1. The minimum atomic E-state index is -3.48. The van der Waals surface area contributed by atoms with Gasteiger partial charge < -0.3 is 5.32 Å². The summed E-state index contributed by atoms with van der Waals surface area (Å²) in [6.07, 6.45) is 1.01. The molecule has 112 valence electrons. The normalized spacial score (nSPS) is 11.3. The maximum atomic E-state index is 11.5. The van der Waals surface area contributed by atoms with Gasteiger partial charge in [-0.1, -0.05) is 41.1 Å². The third-order valence-corrected chi connectivity index (χ3v) is 5.90. The van der Waals surface area contributed by atoms with Crippen molar-refractivity contribution in [3.05, 3.63) is 51.0 Å². The van der Waals surface area contributed by atoms with Crippen molar-refractivity contribution in [3.63, 3.8) is 0 Å². The zero-order valence-electron chi connectivity index (χ0n) is 10.9. The Morgan fingerprint density at radius 1 is 1.38 bits per heavy atom. The molecule has 0 aliphatic heterocycles. The molecule has 21 heavy (non-hydrogen) atoms. The lowest BCUT2D eigenvalue weighted by molar-refractivity contribution is -0.383. The fraction of sp³-hybridized carbons (Fsp3) is 0.167. The van der Waals surface area contributed by atoms with Gasteiger partial charge in [0.05, 0.1) is 4.92 Å². The molecular formula is C12H11ClN2O4S2. The van der Waals surface area contributed by atoms with Crippen LogP contribution in [0.2, 0.25) is 5.02 Å². The summed E-state index contributed by atoms with van der Waals surface area (Å²) in [5, 5.41) is 14.6. The van der Waals surface area contributed by atoms with Gasteiger partial charge in [-0.3, -0.25) is 10.1 Å². The highest BCUT2D eigenvalue weighted by molar-refractivity contribution is 7.92. The number of halogens is 1. The Labute approximate surface area is 130 Å². The third-order valence-electron chi connectivity index (χ3n) is 2.65. The SMILES string of the molecule is CS(=O)(=O)c1cc([N+](=O)[O-])c(NCc2ccccc2Cl)s1. The number of anilines is 1. The Kier molecular flexibility index (Phi) is 4.50. The van der Waals surface area contributed by atoms with Gasteiger partial charge in [-0.05, 0) is 11.6 Å². The van der Waals surface area contributed by atoms with Crippen molar-refractivity contribution in [2.75, 3.05) is 11.6 Å². The molecule has 0 aliphatic carbocycles. The van der Waals surface area contributed by atoms with Crippen molar-refractivity contribution < 1.29 is 13.3 Å². The van der Waals surface area contributed by atoms with Crippen LogP contribution in [-0.2, 0) is 16.4 Å².